The number of hydrogen-bond acceptors (Lipinski definition) is 7. The molecule has 150 valence electrons. The molecule has 3 heterocycles. The molecule has 0 bridgehead atoms. The number of halogens is 1. The molecule has 28 heavy (non-hydrogen) atoms. The molecule has 2 N–H and O–H groups in total. The Morgan fingerprint density at radius 3 is 3.00 bits per heavy atom. The van der Waals surface area contributed by atoms with Gasteiger partial charge in [-0.3, -0.25) is 9.36 Å². The Labute approximate surface area is 162 Å². The first-order valence-electron chi connectivity index (χ1n) is 9.20. The van der Waals surface area contributed by atoms with Crippen molar-refractivity contribution in [3.63, 3.8) is 0 Å². The zero-order valence-corrected chi connectivity index (χ0v) is 16.2. The van der Waals surface area contributed by atoms with Crippen molar-refractivity contribution in [1.82, 2.24) is 19.5 Å². The number of carbonyl (C=O) groups is 1. The van der Waals surface area contributed by atoms with Gasteiger partial charge in [-0.15, -0.1) is 6.42 Å². The zero-order chi connectivity index (χ0) is 20.5. The minimum Gasteiger partial charge on any atom is -0.461 e. The number of imidazole rings is 1. The molecule has 0 amide bonds. The van der Waals surface area contributed by atoms with Crippen LogP contribution in [0.4, 0.5) is 10.2 Å². The number of terminal acetylenes is 1. The number of rotatable bonds is 6. The molecule has 0 radical (unpaired) electrons. The third-order valence-corrected chi connectivity index (χ3v) is 5.02. The van der Waals surface area contributed by atoms with Gasteiger partial charge in [0.1, 0.15) is 12.8 Å². The molecule has 2 aromatic heterocycles. The second-order valence-electron chi connectivity index (χ2n) is 7.66. The maximum atomic E-state index is 13.6. The lowest BCUT2D eigenvalue weighted by Gasteiger charge is -2.27. The smallest absolute Gasteiger partial charge is 0.312 e. The fraction of sp³-hybridized carbons (Fsp3) is 0.579. The van der Waals surface area contributed by atoms with E-state index in [1.54, 1.807) is 4.57 Å². The van der Waals surface area contributed by atoms with Crippen LogP contribution in [0.3, 0.4) is 0 Å². The van der Waals surface area contributed by atoms with Gasteiger partial charge in [-0.25, -0.2) is 4.98 Å². The standard InChI is InChI=1S/C19H24FN5O3/c1-5-8-18(3,4)16(26)27-10-19(6-2)9-7-12(28-19)25-11-22-13-14(21)23-17(20)24-15(13)25/h2,11-12H,5,7-10H2,1,3-4H3,(H2,21,23,24). The Kier molecular flexibility index (Phi) is 5.26. The lowest BCUT2D eigenvalue weighted by molar-refractivity contribution is -0.162. The van der Waals surface area contributed by atoms with Crippen molar-refractivity contribution in [2.24, 2.45) is 5.41 Å². The summed E-state index contributed by atoms with van der Waals surface area (Å²) in [5, 5.41) is 0. The van der Waals surface area contributed by atoms with Gasteiger partial charge in [0.2, 0.25) is 0 Å². The first kappa shape index (κ1) is 20.0. The molecule has 0 aliphatic carbocycles. The average molecular weight is 389 g/mol. The number of esters is 1. The molecule has 2 aromatic rings. The molecule has 2 atom stereocenters. The lowest BCUT2D eigenvalue weighted by Crippen LogP contribution is -2.37. The highest BCUT2D eigenvalue weighted by Crippen LogP contribution is 2.38. The Bertz CT molecular complexity index is 936. The van der Waals surface area contributed by atoms with Gasteiger partial charge in [0.25, 0.3) is 0 Å². The summed E-state index contributed by atoms with van der Waals surface area (Å²) in [5.74, 6) is 2.25. The molecule has 2 unspecified atom stereocenters. The van der Waals surface area contributed by atoms with Gasteiger partial charge < -0.3 is 15.2 Å². The summed E-state index contributed by atoms with van der Waals surface area (Å²) in [7, 11) is 0. The Balaban J connectivity index is 1.76. The molecular weight excluding hydrogens is 365 g/mol. The van der Waals surface area contributed by atoms with Crippen molar-refractivity contribution in [2.45, 2.75) is 58.3 Å². The second-order valence-corrected chi connectivity index (χ2v) is 7.66. The van der Waals surface area contributed by atoms with Gasteiger partial charge >= 0.3 is 12.0 Å². The summed E-state index contributed by atoms with van der Waals surface area (Å²) in [5.41, 5.74) is 4.56. The number of aromatic nitrogens is 4. The predicted octanol–water partition coefficient (Wildman–Crippen LogP) is 2.60. The van der Waals surface area contributed by atoms with Crippen LogP contribution in [0.2, 0.25) is 0 Å². The minimum absolute atomic E-state index is 0.0467. The van der Waals surface area contributed by atoms with Crippen molar-refractivity contribution in [3.05, 3.63) is 12.4 Å². The fourth-order valence-corrected chi connectivity index (χ4v) is 3.41. The van der Waals surface area contributed by atoms with Crippen molar-refractivity contribution in [2.75, 3.05) is 12.3 Å². The monoisotopic (exact) mass is 389 g/mol. The van der Waals surface area contributed by atoms with Gasteiger partial charge in [-0.05, 0) is 33.1 Å². The van der Waals surface area contributed by atoms with E-state index in [-0.39, 0.29) is 29.6 Å². The molecule has 0 aromatic carbocycles. The topological polar surface area (TPSA) is 105 Å². The predicted molar refractivity (Wildman–Crippen MR) is 100 cm³/mol. The molecule has 0 saturated carbocycles. The number of anilines is 1. The maximum Gasteiger partial charge on any atom is 0.312 e. The van der Waals surface area contributed by atoms with Crippen molar-refractivity contribution >= 4 is 23.0 Å². The summed E-state index contributed by atoms with van der Waals surface area (Å²) in [6, 6.07) is 0. The number of nitrogen functional groups attached to an aromatic ring is 1. The Morgan fingerprint density at radius 2 is 2.32 bits per heavy atom. The highest BCUT2D eigenvalue weighted by molar-refractivity contribution is 5.81. The second kappa shape index (κ2) is 7.36. The molecule has 9 heteroatoms. The van der Waals surface area contributed by atoms with Crippen LogP contribution in [0.1, 0.15) is 52.7 Å². The van der Waals surface area contributed by atoms with E-state index in [9.17, 15) is 9.18 Å². The lowest BCUT2D eigenvalue weighted by atomic mass is 9.88. The fourth-order valence-electron chi connectivity index (χ4n) is 3.41. The summed E-state index contributed by atoms with van der Waals surface area (Å²) in [6.45, 7) is 5.65. The van der Waals surface area contributed by atoms with Crippen LogP contribution in [0.25, 0.3) is 11.2 Å². The molecular formula is C19H24FN5O3. The van der Waals surface area contributed by atoms with E-state index in [0.717, 1.165) is 6.42 Å². The molecule has 8 nitrogen and oxygen atoms in total. The third kappa shape index (κ3) is 3.64. The first-order valence-corrected chi connectivity index (χ1v) is 9.20. The van der Waals surface area contributed by atoms with E-state index in [0.29, 0.717) is 19.3 Å². The van der Waals surface area contributed by atoms with Crippen LogP contribution in [0, 0.1) is 23.8 Å². The van der Waals surface area contributed by atoms with Crippen LogP contribution in [0.5, 0.6) is 0 Å². The molecule has 1 aliphatic heterocycles. The number of ether oxygens (including phenoxy) is 2. The molecule has 1 aliphatic rings. The summed E-state index contributed by atoms with van der Waals surface area (Å²) in [6.07, 6.45) is 8.27. The van der Waals surface area contributed by atoms with Crippen LogP contribution in [-0.2, 0) is 14.3 Å². The van der Waals surface area contributed by atoms with Crippen molar-refractivity contribution in [1.29, 1.82) is 0 Å². The minimum atomic E-state index is -1.06. The highest BCUT2D eigenvalue weighted by atomic mass is 19.1. The quantitative estimate of drug-likeness (QED) is 0.460. The van der Waals surface area contributed by atoms with E-state index >= 15 is 0 Å². The number of nitrogens with zero attached hydrogens (tertiary/aromatic N) is 4. The van der Waals surface area contributed by atoms with Gasteiger partial charge in [-0.1, -0.05) is 19.3 Å². The number of hydrogen-bond donors (Lipinski definition) is 1. The summed E-state index contributed by atoms with van der Waals surface area (Å²) >= 11 is 0. The SMILES string of the molecule is C#CC1(COC(=O)C(C)(C)CCC)CCC(n2cnc3c(N)nc(F)nc32)O1. The normalized spacial score (nSPS) is 22.3. The first-order chi connectivity index (χ1) is 13.2. The highest BCUT2D eigenvalue weighted by Gasteiger charge is 2.42. The molecule has 1 saturated heterocycles. The molecule has 1 fully saturated rings. The van der Waals surface area contributed by atoms with Crippen LogP contribution in [-0.4, -0.2) is 37.7 Å². The van der Waals surface area contributed by atoms with E-state index in [1.165, 1.54) is 6.33 Å². The summed E-state index contributed by atoms with van der Waals surface area (Å²) < 4.78 is 26.7. The third-order valence-electron chi connectivity index (χ3n) is 5.02. The van der Waals surface area contributed by atoms with Crippen LogP contribution in [0.15, 0.2) is 6.33 Å². The largest absolute Gasteiger partial charge is 0.461 e. The zero-order valence-electron chi connectivity index (χ0n) is 16.2. The van der Waals surface area contributed by atoms with Gasteiger partial charge in [0, 0.05) is 0 Å². The van der Waals surface area contributed by atoms with E-state index < -0.39 is 23.3 Å². The number of nitrogens with two attached hydrogens (primary N) is 1. The van der Waals surface area contributed by atoms with E-state index in [1.807, 2.05) is 20.8 Å². The van der Waals surface area contributed by atoms with Gasteiger partial charge in [0.15, 0.2) is 22.6 Å². The van der Waals surface area contributed by atoms with Crippen molar-refractivity contribution in [3.8, 4) is 12.3 Å². The van der Waals surface area contributed by atoms with E-state index in [2.05, 4.69) is 20.9 Å². The average Bonchev–Trinajstić information content (AvgIpc) is 3.24. The van der Waals surface area contributed by atoms with Crippen LogP contribution < -0.4 is 5.73 Å². The Morgan fingerprint density at radius 1 is 1.57 bits per heavy atom. The van der Waals surface area contributed by atoms with E-state index in [4.69, 9.17) is 21.6 Å². The maximum absolute atomic E-state index is 13.6. The summed E-state index contributed by atoms with van der Waals surface area (Å²) in [4.78, 5) is 23.8. The van der Waals surface area contributed by atoms with Gasteiger partial charge in [0.05, 0.1) is 11.7 Å². The number of fused-ring (bicyclic) bond motifs is 1. The van der Waals surface area contributed by atoms with Crippen molar-refractivity contribution < 1.29 is 18.7 Å². The number of carbonyl (C=O) groups excluding carboxylic acids is 1. The van der Waals surface area contributed by atoms with Gasteiger partial charge in [-0.2, -0.15) is 14.4 Å². The Hall–Kier alpha value is -2.73. The molecule has 3 rings (SSSR count). The van der Waals surface area contributed by atoms with Crippen LogP contribution >= 0.6 is 0 Å². The molecule has 0 spiro atoms.